The number of amides is 1. The minimum Gasteiger partial charge on any atom is -0.348 e. The molecule has 1 aromatic carbocycles. The number of nitrogens with two attached hydrogens (primary N) is 1. The summed E-state index contributed by atoms with van der Waals surface area (Å²) < 4.78 is 26.4. The number of rotatable bonds is 3. The maximum Gasteiger partial charge on any atom is 0.237 e. The van der Waals surface area contributed by atoms with Gasteiger partial charge >= 0.3 is 0 Å². The summed E-state index contributed by atoms with van der Waals surface area (Å²) in [6.07, 6.45) is 0. The molecule has 3 N–H and O–H groups in total. The SMILES string of the molecule is CC(NC(=O)[C@H](N)C(C)(C)C)c1ccc(F)cc1F. The third-order valence-corrected chi connectivity index (χ3v) is 3.00. The average Bonchev–Trinajstić information content (AvgIpc) is 2.26. The number of hydrogen-bond donors (Lipinski definition) is 2. The van der Waals surface area contributed by atoms with Crippen LogP contribution in [0, 0.1) is 17.0 Å². The summed E-state index contributed by atoms with van der Waals surface area (Å²) in [6, 6.07) is 2.00. The quantitative estimate of drug-likeness (QED) is 0.886. The van der Waals surface area contributed by atoms with Gasteiger partial charge in [0.25, 0.3) is 0 Å². The molecule has 1 aromatic rings. The molecule has 0 saturated carbocycles. The summed E-state index contributed by atoms with van der Waals surface area (Å²) in [5.74, 6) is -1.69. The van der Waals surface area contributed by atoms with Gasteiger partial charge in [0.05, 0.1) is 12.1 Å². The van der Waals surface area contributed by atoms with E-state index in [1.54, 1.807) is 6.92 Å². The molecule has 19 heavy (non-hydrogen) atoms. The van der Waals surface area contributed by atoms with Crippen molar-refractivity contribution in [3.63, 3.8) is 0 Å². The Kier molecular flexibility index (Phi) is 4.63. The maximum atomic E-state index is 13.6. The van der Waals surface area contributed by atoms with E-state index in [2.05, 4.69) is 5.32 Å². The van der Waals surface area contributed by atoms with E-state index in [0.717, 1.165) is 12.1 Å². The lowest BCUT2D eigenvalue weighted by Gasteiger charge is -2.27. The highest BCUT2D eigenvalue weighted by atomic mass is 19.1. The van der Waals surface area contributed by atoms with Gasteiger partial charge in [-0.3, -0.25) is 4.79 Å². The lowest BCUT2D eigenvalue weighted by Crippen LogP contribution is -2.49. The highest BCUT2D eigenvalue weighted by Crippen LogP contribution is 2.20. The summed E-state index contributed by atoms with van der Waals surface area (Å²) in [6.45, 7) is 7.17. The van der Waals surface area contributed by atoms with E-state index >= 15 is 0 Å². The van der Waals surface area contributed by atoms with Crippen molar-refractivity contribution in [2.24, 2.45) is 11.1 Å². The van der Waals surface area contributed by atoms with Gasteiger partial charge < -0.3 is 11.1 Å². The standard InChI is InChI=1S/C14H20F2N2O/c1-8(10-6-5-9(15)7-11(10)16)18-13(19)12(17)14(2,3)4/h5-8,12H,17H2,1-4H3,(H,18,19)/t8?,12-/m0/s1. The molecule has 1 rings (SSSR count). The minimum absolute atomic E-state index is 0.232. The summed E-state index contributed by atoms with van der Waals surface area (Å²) >= 11 is 0. The van der Waals surface area contributed by atoms with Gasteiger partial charge in [0.1, 0.15) is 11.6 Å². The van der Waals surface area contributed by atoms with Crippen LogP contribution in [-0.2, 0) is 4.79 Å². The molecule has 0 aromatic heterocycles. The van der Waals surface area contributed by atoms with Gasteiger partial charge in [-0.15, -0.1) is 0 Å². The minimum atomic E-state index is -0.696. The zero-order valence-electron chi connectivity index (χ0n) is 11.6. The van der Waals surface area contributed by atoms with E-state index in [-0.39, 0.29) is 16.9 Å². The first kappa shape index (κ1) is 15.6. The van der Waals surface area contributed by atoms with Crippen molar-refractivity contribution in [2.45, 2.75) is 39.8 Å². The Morgan fingerprint density at radius 2 is 1.89 bits per heavy atom. The van der Waals surface area contributed by atoms with Crippen molar-refractivity contribution in [3.8, 4) is 0 Å². The number of benzene rings is 1. The van der Waals surface area contributed by atoms with Gasteiger partial charge in [0, 0.05) is 11.6 Å². The Balaban J connectivity index is 2.80. The highest BCUT2D eigenvalue weighted by Gasteiger charge is 2.28. The molecule has 0 aliphatic heterocycles. The normalized spacial score (nSPS) is 14.9. The van der Waals surface area contributed by atoms with E-state index in [1.807, 2.05) is 20.8 Å². The van der Waals surface area contributed by atoms with Crippen LogP contribution in [0.25, 0.3) is 0 Å². The molecular weight excluding hydrogens is 250 g/mol. The van der Waals surface area contributed by atoms with Gasteiger partial charge in [0.15, 0.2) is 0 Å². The Bertz CT molecular complexity index is 469. The van der Waals surface area contributed by atoms with Gasteiger partial charge in [-0.25, -0.2) is 8.78 Å². The van der Waals surface area contributed by atoms with Crippen LogP contribution in [0.4, 0.5) is 8.78 Å². The number of carbonyl (C=O) groups is 1. The van der Waals surface area contributed by atoms with E-state index in [9.17, 15) is 13.6 Å². The van der Waals surface area contributed by atoms with Gasteiger partial charge in [-0.1, -0.05) is 26.8 Å². The van der Waals surface area contributed by atoms with Crippen molar-refractivity contribution in [1.82, 2.24) is 5.32 Å². The van der Waals surface area contributed by atoms with Crippen LogP contribution < -0.4 is 11.1 Å². The van der Waals surface area contributed by atoms with E-state index in [1.165, 1.54) is 6.07 Å². The zero-order chi connectivity index (χ0) is 14.8. The first-order valence-electron chi connectivity index (χ1n) is 6.14. The van der Waals surface area contributed by atoms with Crippen molar-refractivity contribution in [2.75, 3.05) is 0 Å². The first-order valence-corrected chi connectivity index (χ1v) is 6.14. The fourth-order valence-corrected chi connectivity index (χ4v) is 1.63. The van der Waals surface area contributed by atoms with Crippen molar-refractivity contribution < 1.29 is 13.6 Å². The van der Waals surface area contributed by atoms with Crippen LogP contribution in [0.15, 0.2) is 18.2 Å². The Morgan fingerprint density at radius 3 is 2.37 bits per heavy atom. The van der Waals surface area contributed by atoms with Crippen LogP contribution in [0.1, 0.15) is 39.3 Å². The van der Waals surface area contributed by atoms with Crippen molar-refractivity contribution >= 4 is 5.91 Å². The Hall–Kier alpha value is -1.49. The zero-order valence-corrected chi connectivity index (χ0v) is 11.6. The van der Waals surface area contributed by atoms with Gasteiger partial charge in [-0.05, 0) is 18.4 Å². The van der Waals surface area contributed by atoms with E-state index < -0.39 is 23.7 Å². The predicted octanol–water partition coefficient (Wildman–Crippen LogP) is 2.52. The maximum absolute atomic E-state index is 13.6. The van der Waals surface area contributed by atoms with Crippen LogP contribution in [0.5, 0.6) is 0 Å². The topological polar surface area (TPSA) is 55.1 Å². The van der Waals surface area contributed by atoms with E-state index in [0.29, 0.717) is 0 Å². The fourth-order valence-electron chi connectivity index (χ4n) is 1.63. The molecule has 0 fully saturated rings. The average molecular weight is 270 g/mol. The Labute approximate surface area is 112 Å². The molecular formula is C14H20F2N2O. The predicted molar refractivity (Wildman–Crippen MR) is 70.3 cm³/mol. The third-order valence-electron chi connectivity index (χ3n) is 3.00. The second-order valence-electron chi connectivity index (χ2n) is 5.74. The summed E-state index contributed by atoms with van der Waals surface area (Å²) in [5, 5.41) is 2.64. The molecule has 0 radical (unpaired) electrons. The summed E-state index contributed by atoms with van der Waals surface area (Å²) in [5.41, 5.74) is 5.67. The highest BCUT2D eigenvalue weighted by molar-refractivity contribution is 5.82. The van der Waals surface area contributed by atoms with Crippen LogP contribution in [0.3, 0.4) is 0 Å². The molecule has 2 atom stereocenters. The van der Waals surface area contributed by atoms with Gasteiger partial charge in [-0.2, -0.15) is 0 Å². The molecule has 0 heterocycles. The molecule has 0 aliphatic carbocycles. The number of nitrogens with one attached hydrogen (secondary N) is 1. The molecule has 0 saturated heterocycles. The number of carbonyl (C=O) groups excluding carboxylic acids is 1. The number of halogens is 2. The molecule has 0 spiro atoms. The monoisotopic (exact) mass is 270 g/mol. The van der Waals surface area contributed by atoms with Gasteiger partial charge in [0.2, 0.25) is 5.91 Å². The summed E-state index contributed by atoms with van der Waals surface area (Å²) in [7, 11) is 0. The molecule has 1 unspecified atom stereocenters. The molecule has 106 valence electrons. The second kappa shape index (κ2) is 5.65. The Morgan fingerprint density at radius 1 is 1.32 bits per heavy atom. The second-order valence-corrected chi connectivity index (χ2v) is 5.74. The molecule has 1 amide bonds. The third kappa shape index (κ3) is 3.99. The lowest BCUT2D eigenvalue weighted by molar-refractivity contribution is -0.125. The lowest BCUT2D eigenvalue weighted by atomic mass is 9.86. The van der Waals surface area contributed by atoms with Crippen molar-refractivity contribution in [3.05, 3.63) is 35.4 Å². The van der Waals surface area contributed by atoms with Crippen LogP contribution in [-0.4, -0.2) is 11.9 Å². The molecule has 3 nitrogen and oxygen atoms in total. The van der Waals surface area contributed by atoms with Crippen molar-refractivity contribution in [1.29, 1.82) is 0 Å². The largest absolute Gasteiger partial charge is 0.348 e. The number of hydrogen-bond acceptors (Lipinski definition) is 2. The van der Waals surface area contributed by atoms with Crippen LogP contribution >= 0.6 is 0 Å². The fraction of sp³-hybridized carbons (Fsp3) is 0.500. The molecule has 0 bridgehead atoms. The molecule has 0 aliphatic rings. The van der Waals surface area contributed by atoms with E-state index in [4.69, 9.17) is 5.73 Å². The van der Waals surface area contributed by atoms with Crippen LogP contribution in [0.2, 0.25) is 0 Å². The summed E-state index contributed by atoms with van der Waals surface area (Å²) in [4.78, 5) is 11.9. The molecule has 5 heteroatoms. The smallest absolute Gasteiger partial charge is 0.237 e. The first-order chi connectivity index (χ1) is 8.62.